The van der Waals surface area contributed by atoms with Crippen LogP contribution in [0.3, 0.4) is 0 Å². The smallest absolute Gasteiger partial charge is 0.241 e. The maximum Gasteiger partial charge on any atom is 0.241 e. The van der Waals surface area contributed by atoms with Crippen LogP contribution in [-0.4, -0.2) is 58.9 Å². The van der Waals surface area contributed by atoms with Gasteiger partial charge in [0.1, 0.15) is 5.82 Å². The molecule has 0 unspecified atom stereocenters. The highest BCUT2D eigenvalue weighted by Crippen LogP contribution is 2.21. The number of anilines is 2. The molecular formula is C13H18N6O. The molecule has 2 aromatic heterocycles. The largest absolute Gasteiger partial charge is 0.372 e. The molecule has 3 rings (SSSR count). The van der Waals surface area contributed by atoms with E-state index in [1.54, 1.807) is 11.1 Å². The molecule has 0 bridgehead atoms. The summed E-state index contributed by atoms with van der Waals surface area (Å²) in [6.45, 7) is 1.93. The first-order chi connectivity index (χ1) is 9.69. The summed E-state index contributed by atoms with van der Waals surface area (Å²) in [6, 6.07) is 0. The van der Waals surface area contributed by atoms with Crippen LogP contribution < -0.4 is 10.2 Å². The standard InChI is InChI=1S/C13H18N6O/c1-14-10-8-19-7-4-15-12(19)13(16-10)18-6-3-5-17(2)11(20)9-18/h4,7-8,14H,3,5-6,9H2,1-2H3. The molecule has 0 spiro atoms. The molecule has 0 aromatic carbocycles. The number of fused-ring (bicyclic) bond motifs is 1. The monoisotopic (exact) mass is 274 g/mol. The van der Waals surface area contributed by atoms with Gasteiger partial charge in [0, 0.05) is 39.6 Å². The molecule has 20 heavy (non-hydrogen) atoms. The van der Waals surface area contributed by atoms with Crippen molar-refractivity contribution >= 4 is 23.2 Å². The number of amides is 1. The summed E-state index contributed by atoms with van der Waals surface area (Å²) in [6.07, 6.45) is 6.44. The minimum Gasteiger partial charge on any atom is -0.372 e. The van der Waals surface area contributed by atoms with Gasteiger partial charge in [0.25, 0.3) is 0 Å². The Balaban J connectivity index is 2.03. The Bertz CT molecular complexity index is 637. The molecule has 0 aliphatic carbocycles. The molecule has 1 amide bonds. The molecule has 1 N–H and O–H groups in total. The lowest BCUT2D eigenvalue weighted by atomic mass is 10.4. The number of hydrogen-bond donors (Lipinski definition) is 1. The van der Waals surface area contributed by atoms with E-state index in [1.165, 1.54) is 0 Å². The molecule has 106 valence electrons. The number of aromatic nitrogens is 3. The van der Waals surface area contributed by atoms with Crippen LogP contribution in [0.25, 0.3) is 5.65 Å². The van der Waals surface area contributed by atoms with E-state index in [0.29, 0.717) is 6.54 Å². The van der Waals surface area contributed by atoms with Crippen molar-refractivity contribution < 1.29 is 4.79 Å². The van der Waals surface area contributed by atoms with Gasteiger partial charge in [-0.1, -0.05) is 0 Å². The fourth-order valence-electron chi connectivity index (χ4n) is 2.41. The predicted molar refractivity (Wildman–Crippen MR) is 77.0 cm³/mol. The molecule has 7 heteroatoms. The second kappa shape index (κ2) is 4.99. The minimum absolute atomic E-state index is 0.115. The number of rotatable bonds is 2. The van der Waals surface area contributed by atoms with E-state index in [1.807, 2.05) is 35.8 Å². The maximum atomic E-state index is 12.0. The minimum atomic E-state index is 0.115. The maximum absolute atomic E-state index is 12.0. The van der Waals surface area contributed by atoms with Gasteiger partial charge in [-0.05, 0) is 6.42 Å². The van der Waals surface area contributed by atoms with E-state index in [2.05, 4.69) is 15.3 Å². The highest BCUT2D eigenvalue weighted by atomic mass is 16.2. The Labute approximate surface area is 117 Å². The molecule has 3 heterocycles. The first kappa shape index (κ1) is 12.7. The zero-order valence-electron chi connectivity index (χ0n) is 11.7. The molecule has 1 saturated heterocycles. The van der Waals surface area contributed by atoms with E-state index in [-0.39, 0.29) is 5.91 Å². The number of likely N-dealkylation sites (N-methyl/N-ethyl adjacent to an activating group) is 1. The van der Waals surface area contributed by atoms with Gasteiger partial charge in [0.15, 0.2) is 11.5 Å². The second-order valence-corrected chi connectivity index (χ2v) is 4.95. The molecule has 1 aliphatic heterocycles. The Hall–Kier alpha value is -2.31. The van der Waals surface area contributed by atoms with Crippen molar-refractivity contribution in [3.8, 4) is 0 Å². The quantitative estimate of drug-likeness (QED) is 0.861. The SMILES string of the molecule is CNc1cn2ccnc2c(N2CCCN(C)C(=O)C2)n1. The van der Waals surface area contributed by atoms with Crippen molar-refractivity contribution in [2.75, 3.05) is 43.9 Å². The molecule has 1 aliphatic rings. The van der Waals surface area contributed by atoms with Crippen molar-refractivity contribution in [2.24, 2.45) is 0 Å². The number of nitrogens with one attached hydrogen (secondary N) is 1. The van der Waals surface area contributed by atoms with E-state index < -0.39 is 0 Å². The van der Waals surface area contributed by atoms with Gasteiger partial charge in [-0.25, -0.2) is 9.97 Å². The average molecular weight is 274 g/mol. The summed E-state index contributed by atoms with van der Waals surface area (Å²) in [5, 5.41) is 3.04. The second-order valence-electron chi connectivity index (χ2n) is 4.95. The predicted octanol–water partition coefficient (Wildman–Crippen LogP) is 0.439. The number of carbonyl (C=O) groups excluding carboxylic acids is 1. The van der Waals surface area contributed by atoms with Crippen LogP contribution >= 0.6 is 0 Å². The first-order valence-electron chi connectivity index (χ1n) is 6.69. The van der Waals surface area contributed by atoms with Crippen LogP contribution in [0.5, 0.6) is 0 Å². The third kappa shape index (κ3) is 2.15. The average Bonchev–Trinajstić information content (AvgIpc) is 2.86. The number of imidazole rings is 1. The number of hydrogen-bond acceptors (Lipinski definition) is 5. The highest BCUT2D eigenvalue weighted by Gasteiger charge is 2.22. The zero-order valence-corrected chi connectivity index (χ0v) is 11.7. The van der Waals surface area contributed by atoms with Gasteiger partial charge in [-0.3, -0.25) is 4.79 Å². The lowest BCUT2D eigenvalue weighted by molar-refractivity contribution is -0.127. The van der Waals surface area contributed by atoms with E-state index >= 15 is 0 Å². The molecule has 0 atom stereocenters. The van der Waals surface area contributed by atoms with Crippen molar-refractivity contribution in [3.05, 3.63) is 18.6 Å². The molecule has 0 saturated carbocycles. The Morgan fingerprint density at radius 2 is 2.20 bits per heavy atom. The molecule has 7 nitrogen and oxygen atoms in total. The highest BCUT2D eigenvalue weighted by molar-refractivity contribution is 5.83. The molecule has 0 radical (unpaired) electrons. The molecular weight excluding hydrogens is 256 g/mol. The van der Waals surface area contributed by atoms with E-state index in [0.717, 1.165) is 36.8 Å². The van der Waals surface area contributed by atoms with Crippen molar-refractivity contribution in [2.45, 2.75) is 6.42 Å². The lowest BCUT2D eigenvalue weighted by Gasteiger charge is -2.21. The van der Waals surface area contributed by atoms with Crippen LogP contribution in [0.1, 0.15) is 6.42 Å². The summed E-state index contributed by atoms with van der Waals surface area (Å²) in [5.41, 5.74) is 0.779. The molecule has 1 fully saturated rings. The van der Waals surface area contributed by atoms with E-state index in [4.69, 9.17) is 0 Å². The Morgan fingerprint density at radius 3 is 3.00 bits per heavy atom. The fraction of sp³-hybridized carbons (Fsp3) is 0.462. The van der Waals surface area contributed by atoms with Gasteiger partial charge in [-0.2, -0.15) is 0 Å². The Morgan fingerprint density at radius 1 is 1.35 bits per heavy atom. The van der Waals surface area contributed by atoms with Gasteiger partial charge >= 0.3 is 0 Å². The third-order valence-corrected chi connectivity index (χ3v) is 3.59. The topological polar surface area (TPSA) is 65.8 Å². The summed E-state index contributed by atoms with van der Waals surface area (Å²) < 4.78 is 1.92. The van der Waals surface area contributed by atoms with Gasteiger partial charge < -0.3 is 19.5 Å². The summed E-state index contributed by atoms with van der Waals surface area (Å²) in [5.74, 6) is 1.63. The van der Waals surface area contributed by atoms with Crippen molar-refractivity contribution in [3.63, 3.8) is 0 Å². The third-order valence-electron chi connectivity index (χ3n) is 3.59. The fourth-order valence-corrected chi connectivity index (χ4v) is 2.41. The van der Waals surface area contributed by atoms with E-state index in [9.17, 15) is 4.79 Å². The van der Waals surface area contributed by atoms with Crippen molar-refractivity contribution in [1.29, 1.82) is 0 Å². The van der Waals surface area contributed by atoms with Gasteiger partial charge in [0.05, 0.1) is 12.7 Å². The van der Waals surface area contributed by atoms with Gasteiger partial charge in [-0.15, -0.1) is 0 Å². The van der Waals surface area contributed by atoms with Crippen LogP contribution in [0.4, 0.5) is 11.6 Å². The van der Waals surface area contributed by atoms with Crippen LogP contribution in [0, 0.1) is 0 Å². The van der Waals surface area contributed by atoms with Crippen LogP contribution in [0.2, 0.25) is 0 Å². The zero-order chi connectivity index (χ0) is 14.1. The summed E-state index contributed by atoms with van der Waals surface area (Å²) >= 11 is 0. The Kier molecular flexibility index (Phi) is 3.17. The summed E-state index contributed by atoms with van der Waals surface area (Å²) in [4.78, 5) is 24.7. The van der Waals surface area contributed by atoms with Crippen LogP contribution in [-0.2, 0) is 4.79 Å². The summed E-state index contributed by atoms with van der Waals surface area (Å²) in [7, 11) is 3.67. The van der Waals surface area contributed by atoms with Crippen molar-refractivity contribution in [1.82, 2.24) is 19.3 Å². The van der Waals surface area contributed by atoms with Gasteiger partial charge in [0.2, 0.25) is 5.91 Å². The van der Waals surface area contributed by atoms with Crippen LogP contribution in [0.15, 0.2) is 18.6 Å². The number of nitrogens with zero attached hydrogens (tertiary/aromatic N) is 5. The lowest BCUT2D eigenvalue weighted by Crippen LogP contribution is -2.35. The first-order valence-corrected chi connectivity index (χ1v) is 6.69. The normalized spacial score (nSPS) is 16.6. The molecule has 2 aromatic rings. The number of carbonyl (C=O) groups is 1.